The first-order valence-corrected chi connectivity index (χ1v) is 7.55. The van der Waals surface area contributed by atoms with Crippen LogP contribution in [0, 0.1) is 11.8 Å². The van der Waals surface area contributed by atoms with Crippen LogP contribution in [0.4, 0.5) is 0 Å². The van der Waals surface area contributed by atoms with Crippen LogP contribution in [0.2, 0.25) is 0 Å². The van der Waals surface area contributed by atoms with Gasteiger partial charge in [-0.15, -0.1) is 0 Å². The average molecular weight is 248 g/mol. The Labute approximate surface area is 106 Å². The fourth-order valence-corrected chi connectivity index (χ4v) is 5.40. The highest BCUT2D eigenvalue weighted by Gasteiger charge is 2.29. The van der Waals surface area contributed by atoms with Crippen LogP contribution in [0.5, 0.6) is 0 Å². The van der Waals surface area contributed by atoms with E-state index in [0.717, 1.165) is 11.8 Å². The van der Waals surface area contributed by atoms with Crippen LogP contribution in [0.15, 0.2) is 43.9 Å². The normalized spacial score (nSPS) is 28.6. The highest BCUT2D eigenvalue weighted by Crippen LogP contribution is 2.54. The van der Waals surface area contributed by atoms with E-state index in [9.17, 15) is 0 Å². The first-order chi connectivity index (χ1) is 7.74. The van der Waals surface area contributed by atoms with Crippen molar-refractivity contribution >= 4 is 23.5 Å². The van der Waals surface area contributed by atoms with Crippen LogP contribution >= 0.6 is 23.5 Å². The van der Waals surface area contributed by atoms with E-state index in [0.29, 0.717) is 0 Å². The molecule has 1 aliphatic carbocycles. The molecule has 0 bridgehead atoms. The van der Waals surface area contributed by atoms with Gasteiger partial charge in [-0.3, -0.25) is 0 Å². The molecule has 2 heteroatoms. The average Bonchev–Trinajstić information content (AvgIpc) is 2.27. The van der Waals surface area contributed by atoms with Crippen LogP contribution in [0.25, 0.3) is 0 Å². The van der Waals surface area contributed by atoms with Crippen molar-refractivity contribution in [2.75, 3.05) is 0 Å². The lowest BCUT2D eigenvalue weighted by Gasteiger charge is -2.32. The second kappa shape index (κ2) is 4.15. The Kier molecular flexibility index (Phi) is 2.80. The first kappa shape index (κ1) is 10.8. The lowest BCUT2D eigenvalue weighted by molar-refractivity contribution is 0.440. The molecule has 0 amide bonds. The zero-order valence-corrected chi connectivity index (χ0v) is 11.3. The van der Waals surface area contributed by atoms with Gasteiger partial charge in [0, 0.05) is 19.6 Å². The minimum atomic E-state index is 0.754. The van der Waals surface area contributed by atoms with Crippen molar-refractivity contribution in [1.82, 2.24) is 0 Å². The van der Waals surface area contributed by atoms with Gasteiger partial charge in [0.05, 0.1) is 0 Å². The van der Waals surface area contributed by atoms with E-state index >= 15 is 0 Å². The molecule has 3 rings (SSSR count). The molecule has 0 radical (unpaired) electrons. The number of thioether (sulfide) groups is 2. The lowest BCUT2D eigenvalue weighted by Crippen LogP contribution is -2.14. The van der Waals surface area contributed by atoms with E-state index < -0.39 is 0 Å². The van der Waals surface area contributed by atoms with Crippen LogP contribution in [0.3, 0.4) is 0 Å². The highest BCUT2D eigenvalue weighted by molar-refractivity contribution is 8.09. The maximum Gasteiger partial charge on any atom is 0.0259 e. The second-order valence-electron chi connectivity index (χ2n) is 4.88. The van der Waals surface area contributed by atoms with E-state index in [1.807, 2.05) is 23.5 Å². The summed E-state index contributed by atoms with van der Waals surface area (Å²) in [5.74, 6) is 1.61. The van der Waals surface area contributed by atoms with E-state index in [1.54, 1.807) is 9.81 Å². The van der Waals surface area contributed by atoms with Crippen LogP contribution < -0.4 is 0 Å². The van der Waals surface area contributed by atoms with Crippen molar-refractivity contribution in [3.05, 3.63) is 34.1 Å². The summed E-state index contributed by atoms with van der Waals surface area (Å²) in [4.78, 5) is 6.18. The molecule has 1 aromatic rings. The lowest BCUT2D eigenvalue weighted by atomic mass is 9.89. The standard InChI is InChI=1S/C14H16S2/c1-9-7-10(2)14-13(8-9)15-11-5-3-4-6-12(11)16-14/h3-6,9-10H,7-8H2,1-2H3/t9-,10?/m0/s1. The van der Waals surface area contributed by atoms with Gasteiger partial charge in [-0.2, -0.15) is 0 Å². The van der Waals surface area contributed by atoms with Gasteiger partial charge in [-0.25, -0.2) is 0 Å². The molecule has 1 heterocycles. The molecule has 0 saturated heterocycles. The summed E-state index contributed by atoms with van der Waals surface area (Å²) in [6.07, 6.45) is 2.64. The van der Waals surface area contributed by atoms with Crippen molar-refractivity contribution < 1.29 is 0 Å². The summed E-state index contributed by atoms with van der Waals surface area (Å²) < 4.78 is 0. The smallest absolute Gasteiger partial charge is 0.0259 e. The summed E-state index contributed by atoms with van der Waals surface area (Å²) in [5, 5.41) is 0. The summed E-state index contributed by atoms with van der Waals surface area (Å²) in [5.41, 5.74) is 0. The Morgan fingerprint density at radius 3 is 2.50 bits per heavy atom. The number of hydrogen-bond donors (Lipinski definition) is 0. The van der Waals surface area contributed by atoms with Gasteiger partial charge in [0.25, 0.3) is 0 Å². The van der Waals surface area contributed by atoms with Crippen molar-refractivity contribution in [2.45, 2.75) is 36.5 Å². The minimum absolute atomic E-state index is 0.754. The predicted octanol–water partition coefficient (Wildman–Crippen LogP) is 5.16. The fourth-order valence-electron chi connectivity index (χ4n) is 2.61. The number of hydrogen-bond acceptors (Lipinski definition) is 2. The molecule has 0 fully saturated rings. The quantitative estimate of drug-likeness (QED) is 0.622. The fraction of sp³-hybridized carbons (Fsp3) is 0.429. The molecule has 16 heavy (non-hydrogen) atoms. The van der Waals surface area contributed by atoms with Crippen LogP contribution in [0.1, 0.15) is 26.7 Å². The number of fused-ring (bicyclic) bond motifs is 1. The van der Waals surface area contributed by atoms with E-state index in [-0.39, 0.29) is 0 Å². The minimum Gasteiger partial charge on any atom is -0.0925 e. The third-order valence-corrected chi connectivity index (χ3v) is 6.23. The SMILES string of the molecule is CC1C[C@H](C)CC2=C1Sc1ccccc1S2. The van der Waals surface area contributed by atoms with Crippen molar-refractivity contribution in [3.63, 3.8) is 0 Å². The van der Waals surface area contributed by atoms with Crippen LogP contribution in [-0.4, -0.2) is 0 Å². The first-order valence-electron chi connectivity index (χ1n) is 5.92. The highest BCUT2D eigenvalue weighted by atomic mass is 32.2. The number of benzene rings is 1. The summed E-state index contributed by atoms with van der Waals surface area (Å²) in [6.45, 7) is 4.76. The molecule has 2 aliphatic rings. The number of allylic oxidation sites excluding steroid dienone is 2. The third kappa shape index (κ3) is 1.82. The summed E-state index contributed by atoms with van der Waals surface area (Å²) in [6, 6.07) is 8.80. The van der Waals surface area contributed by atoms with E-state index in [1.165, 1.54) is 22.6 Å². The van der Waals surface area contributed by atoms with Crippen molar-refractivity contribution in [2.24, 2.45) is 11.8 Å². The maximum absolute atomic E-state index is 2.38. The molecular formula is C14H16S2. The molecular weight excluding hydrogens is 232 g/mol. The molecule has 1 aliphatic heterocycles. The molecule has 0 aromatic heterocycles. The van der Waals surface area contributed by atoms with Gasteiger partial charge in [0.2, 0.25) is 0 Å². The third-order valence-electron chi connectivity index (χ3n) is 3.31. The monoisotopic (exact) mass is 248 g/mol. The molecule has 84 valence electrons. The topological polar surface area (TPSA) is 0 Å². The molecule has 0 spiro atoms. The van der Waals surface area contributed by atoms with Gasteiger partial charge in [-0.1, -0.05) is 49.5 Å². The Hall–Kier alpha value is -0.340. The Morgan fingerprint density at radius 1 is 1.06 bits per heavy atom. The second-order valence-corrected chi connectivity index (χ2v) is 7.10. The summed E-state index contributed by atoms with van der Waals surface area (Å²) in [7, 11) is 0. The Morgan fingerprint density at radius 2 is 1.75 bits per heavy atom. The molecule has 0 saturated carbocycles. The van der Waals surface area contributed by atoms with Crippen molar-refractivity contribution in [3.8, 4) is 0 Å². The van der Waals surface area contributed by atoms with Gasteiger partial charge in [-0.05, 0) is 36.8 Å². The van der Waals surface area contributed by atoms with Gasteiger partial charge >= 0.3 is 0 Å². The zero-order valence-electron chi connectivity index (χ0n) is 9.69. The van der Waals surface area contributed by atoms with E-state index in [2.05, 4.69) is 38.1 Å². The largest absolute Gasteiger partial charge is 0.0925 e. The zero-order chi connectivity index (χ0) is 11.1. The molecule has 1 unspecified atom stereocenters. The van der Waals surface area contributed by atoms with Gasteiger partial charge < -0.3 is 0 Å². The Bertz CT molecular complexity index is 448. The molecule has 0 N–H and O–H groups in total. The van der Waals surface area contributed by atoms with Gasteiger partial charge in [0.1, 0.15) is 0 Å². The van der Waals surface area contributed by atoms with Crippen molar-refractivity contribution in [1.29, 1.82) is 0 Å². The molecule has 0 nitrogen and oxygen atoms in total. The van der Waals surface area contributed by atoms with Crippen LogP contribution in [-0.2, 0) is 0 Å². The Balaban J connectivity index is 1.98. The molecule has 1 aromatic carbocycles. The maximum atomic E-state index is 2.38. The summed E-state index contributed by atoms with van der Waals surface area (Å²) >= 11 is 4.02. The molecule has 2 atom stereocenters. The predicted molar refractivity (Wildman–Crippen MR) is 72.7 cm³/mol. The van der Waals surface area contributed by atoms with Gasteiger partial charge in [0.15, 0.2) is 0 Å². The number of rotatable bonds is 0. The van der Waals surface area contributed by atoms with E-state index in [4.69, 9.17) is 0 Å².